The lowest BCUT2D eigenvalue weighted by atomic mass is 10.2. The molecule has 1 aliphatic heterocycles. The van der Waals surface area contributed by atoms with E-state index in [0.29, 0.717) is 13.0 Å². The Morgan fingerprint density at radius 3 is 2.73 bits per heavy atom. The molecule has 5 nitrogen and oxygen atoms in total. The largest absolute Gasteiger partial charge is 0.354 e. The molecule has 1 saturated heterocycles. The van der Waals surface area contributed by atoms with Crippen molar-refractivity contribution < 1.29 is 9.59 Å². The van der Waals surface area contributed by atoms with Gasteiger partial charge in [0, 0.05) is 27.1 Å². The second-order valence-corrected chi connectivity index (χ2v) is 3.98. The Labute approximate surface area is 90.2 Å². The van der Waals surface area contributed by atoms with Crippen LogP contribution >= 0.6 is 0 Å². The maximum atomic E-state index is 11.5. The first-order chi connectivity index (χ1) is 7.11. The Morgan fingerprint density at radius 2 is 2.20 bits per heavy atom. The molecule has 0 aromatic carbocycles. The van der Waals surface area contributed by atoms with Crippen LogP contribution in [-0.4, -0.2) is 49.9 Å². The zero-order valence-electron chi connectivity index (χ0n) is 9.38. The Kier molecular flexibility index (Phi) is 4.55. The minimum atomic E-state index is -0.0561. The minimum absolute atomic E-state index is 0.0130. The fraction of sp³-hybridized carbons (Fsp3) is 0.800. The summed E-state index contributed by atoms with van der Waals surface area (Å²) in [5.74, 6) is 0.0498. The maximum absolute atomic E-state index is 11.5. The van der Waals surface area contributed by atoms with Crippen LogP contribution < -0.4 is 10.6 Å². The van der Waals surface area contributed by atoms with Crippen LogP contribution in [0, 0.1) is 0 Å². The highest BCUT2D eigenvalue weighted by Gasteiger charge is 2.21. The van der Waals surface area contributed by atoms with Gasteiger partial charge in [0.2, 0.25) is 11.8 Å². The summed E-state index contributed by atoms with van der Waals surface area (Å²) in [6, 6.07) is -0.0561. The molecule has 0 bridgehead atoms. The van der Waals surface area contributed by atoms with E-state index in [9.17, 15) is 9.59 Å². The monoisotopic (exact) mass is 213 g/mol. The molecule has 0 aromatic rings. The first kappa shape index (κ1) is 12.0. The van der Waals surface area contributed by atoms with Crippen LogP contribution in [0.2, 0.25) is 0 Å². The summed E-state index contributed by atoms with van der Waals surface area (Å²) >= 11 is 0. The van der Waals surface area contributed by atoms with Crippen LogP contribution in [0.4, 0.5) is 0 Å². The third-order valence-corrected chi connectivity index (χ3v) is 2.51. The molecule has 0 saturated carbocycles. The van der Waals surface area contributed by atoms with Crippen LogP contribution in [-0.2, 0) is 9.59 Å². The Bertz CT molecular complexity index is 235. The summed E-state index contributed by atoms with van der Waals surface area (Å²) in [5, 5.41) is 5.87. The standard InChI is InChI=1S/C10H19N3O2/c1-13(2)9(14)5-7-12-10(15)8-4-3-6-11-8/h8,11H,3-7H2,1-2H3,(H,12,15)/t8-/m1/s1. The molecule has 5 heteroatoms. The summed E-state index contributed by atoms with van der Waals surface area (Å²) in [6.45, 7) is 1.34. The number of nitrogens with one attached hydrogen (secondary N) is 2. The molecular weight excluding hydrogens is 194 g/mol. The predicted octanol–water partition coefficient (Wildman–Crippen LogP) is -0.667. The topological polar surface area (TPSA) is 61.4 Å². The van der Waals surface area contributed by atoms with Crippen molar-refractivity contribution in [1.82, 2.24) is 15.5 Å². The number of nitrogens with zero attached hydrogens (tertiary/aromatic N) is 1. The smallest absolute Gasteiger partial charge is 0.237 e. The van der Waals surface area contributed by atoms with Gasteiger partial charge < -0.3 is 15.5 Å². The Balaban J connectivity index is 2.14. The van der Waals surface area contributed by atoms with E-state index in [1.54, 1.807) is 14.1 Å². The lowest BCUT2D eigenvalue weighted by molar-refractivity contribution is -0.128. The van der Waals surface area contributed by atoms with Crippen molar-refractivity contribution in [1.29, 1.82) is 0 Å². The van der Waals surface area contributed by atoms with Crippen LogP contribution in [0.5, 0.6) is 0 Å². The Hall–Kier alpha value is -1.10. The second-order valence-electron chi connectivity index (χ2n) is 3.98. The number of rotatable bonds is 4. The maximum Gasteiger partial charge on any atom is 0.237 e. The number of carbonyl (C=O) groups excluding carboxylic acids is 2. The molecule has 0 radical (unpaired) electrons. The number of hydrogen-bond acceptors (Lipinski definition) is 3. The molecule has 1 heterocycles. The van der Waals surface area contributed by atoms with Crippen LogP contribution in [0.25, 0.3) is 0 Å². The molecule has 1 atom stereocenters. The molecule has 86 valence electrons. The van der Waals surface area contributed by atoms with E-state index < -0.39 is 0 Å². The second kappa shape index (κ2) is 5.70. The summed E-state index contributed by atoms with van der Waals surface area (Å²) in [7, 11) is 3.42. The third-order valence-electron chi connectivity index (χ3n) is 2.51. The highest BCUT2D eigenvalue weighted by atomic mass is 16.2. The molecule has 1 rings (SSSR count). The van der Waals surface area contributed by atoms with Crippen molar-refractivity contribution in [3.05, 3.63) is 0 Å². The third kappa shape index (κ3) is 3.87. The van der Waals surface area contributed by atoms with Crippen molar-refractivity contribution in [2.24, 2.45) is 0 Å². The fourth-order valence-corrected chi connectivity index (χ4v) is 1.55. The molecule has 0 aliphatic carbocycles. The molecule has 1 fully saturated rings. The van der Waals surface area contributed by atoms with E-state index in [1.807, 2.05) is 0 Å². The SMILES string of the molecule is CN(C)C(=O)CCNC(=O)[C@H]1CCCN1. The zero-order valence-corrected chi connectivity index (χ0v) is 9.38. The van der Waals surface area contributed by atoms with Crippen molar-refractivity contribution in [2.45, 2.75) is 25.3 Å². The van der Waals surface area contributed by atoms with Gasteiger partial charge in [-0.2, -0.15) is 0 Å². The van der Waals surface area contributed by atoms with Crippen LogP contribution in [0.3, 0.4) is 0 Å². The van der Waals surface area contributed by atoms with Gasteiger partial charge in [0.15, 0.2) is 0 Å². The fourth-order valence-electron chi connectivity index (χ4n) is 1.55. The quantitative estimate of drug-likeness (QED) is 0.651. The summed E-state index contributed by atoms with van der Waals surface area (Å²) in [6.07, 6.45) is 2.31. The van der Waals surface area contributed by atoms with Crippen LogP contribution in [0.1, 0.15) is 19.3 Å². The molecule has 1 aliphatic rings. The zero-order chi connectivity index (χ0) is 11.3. The lowest BCUT2D eigenvalue weighted by Crippen LogP contribution is -2.41. The van der Waals surface area contributed by atoms with Gasteiger partial charge in [-0.25, -0.2) is 0 Å². The molecule has 2 amide bonds. The summed E-state index contributed by atoms with van der Waals surface area (Å²) in [5.41, 5.74) is 0. The molecule has 0 unspecified atom stereocenters. The van der Waals surface area contributed by atoms with Crippen molar-refractivity contribution in [2.75, 3.05) is 27.2 Å². The molecule has 2 N–H and O–H groups in total. The lowest BCUT2D eigenvalue weighted by Gasteiger charge is -2.12. The molecule has 0 aromatic heterocycles. The molecular formula is C10H19N3O2. The van der Waals surface area contributed by atoms with Gasteiger partial charge in [-0.1, -0.05) is 0 Å². The van der Waals surface area contributed by atoms with Gasteiger partial charge in [-0.05, 0) is 19.4 Å². The van der Waals surface area contributed by atoms with E-state index >= 15 is 0 Å². The number of amides is 2. The van der Waals surface area contributed by atoms with Gasteiger partial charge >= 0.3 is 0 Å². The predicted molar refractivity (Wildman–Crippen MR) is 57.3 cm³/mol. The van der Waals surface area contributed by atoms with Gasteiger partial charge in [0.05, 0.1) is 6.04 Å². The summed E-state index contributed by atoms with van der Waals surface area (Å²) < 4.78 is 0. The van der Waals surface area contributed by atoms with E-state index in [-0.39, 0.29) is 17.9 Å². The van der Waals surface area contributed by atoms with Gasteiger partial charge in [0.25, 0.3) is 0 Å². The first-order valence-corrected chi connectivity index (χ1v) is 5.32. The Morgan fingerprint density at radius 1 is 1.47 bits per heavy atom. The van der Waals surface area contributed by atoms with Gasteiger partial charge in [-0.3, -0.25) is 9.59 Å². The minimum Gasteiger partial charge on any atom is -0.354 e. The highest BCUT2D eigenvalue weighted by Crippen LogP contribution is 2.04. The average molecular weight is 213 g/mol. The average Bonchev–Trinajstić information content (AvgIpc) is 2.70. The van der Waals surface area contributed by atoms with Gasteiger partial charge in [-0.15, -0.1) is 0 Å². The van der Waals surface area contributed by atoms with E-state index in [0.717, 1.165) is 19.4 Å². The normalized spacial score (nSPS) is 20.0. The highest BCUT2D eigenvalue weighted by molar-refractivity contribution is 5.83. The number of hydrogen-bond donors (Lipinski definition) is 2. The van der Waals surface area contributed by atoms with E-state index in [1.165, 1.54) is 4.90 Å². The first-order valence-electron chi connectivity index (χ1n) is 5.32. The van der Waals surface area contributed by atoms with Crippen molar-refractivity contribution in [3.8, 4) is 0 Å². The molecule has 15 heavy (non-hydrogen) atoms. The van der Waals surface area contributed by atoms with Crippen LogP contribution in [0.15, 0.2) is 0 Å². The number of carbonyl (C=O) groups is 2. The van der Waals surface area contributed by atoms with Crippen molar-refractivity contribution in [3.63, 3.8) is 0 Å². The molecule has 0 spiro atoms. The summed E-state index contributed by atoms with van der Waals surface area (Å²) in [4.78, 5) is 24.2. The van der Waals surface area contributed by atoms with Crippen molar-refractivity contribution >= 4 is 11.8 Å². The van der Waals surface area contributed by atoms with Gasteiger partial charge in [0.1, 0.15) is 0 Å². The van der Waals surface area contributed by atoms with E-state index in [2.05, 4.69) is 10.6 Å². The van der Waals surface area contributed by atoms with E-state index in [4.69, 9.17) is 0 Å².